The van der Waals surface area contributed by atoms with Crippen LogP contribution < -0.4 is 14.9 Å². The highest BCUT2D eigenvalue weighted by molar-refractivity contribution is 9.10. The SMILES string of the molecule is CCOc1cc(/C=N\NC(=O)Cc2ccc(Br)cc2)cc(Cl)c1OCc1cccc(Cl)c1. The number of rotatable bonds is 9. The van der Waals surface area contributed by atoms with Crippen molar-refractivity contribution in [1.82, 2.24) is 5.43 Å². The lowest BCUT2D eigenvalue weighted by molar-refractivity contribution is -0.120. The van der Waals surface area contributed by atoms with Crippen LogP contribution in [0.15, 0.2) is 70.2 Å². The second-order valence-corrected chi connectivity index (χ2v) is 8.54. The highest BCUT2D eigenvalue weighted by Gasteiger charge is 2.13. The van der Waals surface area contributed by atoms with Gasteiger partial charge >= 0.3 is 0 Å². The summed E-state index contributed by atoms with van der Waals surface area (Å²) in [6.07, 6.45) is 1.74. The van der Waals surface area contributed by atoms with Crippen molar-refractivity contribution in [1.29, 1.82) is 0 Å². The quantitative estimate of drug-likeness (QED) is 0.254. The molecule has 1 amide bonds. The lowest BCUT2D eigenvalue weighted by atomic mass is 10.1. The van der Waals surface area contributed by atoms with E-state index in [-0.39, 0.29) is 12.3 Å². The van der Waals surface area contributed by atoms with Crippen molar-refractivity contribution in [3.05, 3.63) is 91.9 Å². The molecule has 0 fully saturated rings. The third-order valence-corrected chi connectivity index (χ3v) is 5.33. The second-order valence-electron chi connectivity index (χ2n) is 6.78. The Kier molecular flexibility index (Phi) is 8.97. The highest BCUT2D eigenvalue weighted by atomic mass is 79.9. The molecule has 0 aliphatic carbocycles. The Morgan fingerprint density at radius 1 is 1.06 bits per heavy atom. The average molecular weight is 536 g/mol. The Hall–Kier alpha value is -2.54. The van der Waals surface area contributed by atoms with Gasteiger partial charge in [0.1, 0.15) is 6.61 Å². The molecular formula is C24H21BrCl2N2O3. The summed E-state index contributed by atoms with van der Waals surface area (Å²) in [5.74, 6) is 0.704. The zero-order valence-corrected chi connectivity index (χ0v) is 20.4. The maximum absolute atomic E-state index is 12.1. The minimum atomic E-state index is -0.221. The molecule has 0 aromatic heterocycles. The van der Waals surface area contributed by atoms with E-state index >= 15 is 0 Å². The van der Waals surface area contributed by atoms with Gasteiger partial charge in [-0.1, -0.05) is 63.4 Å². The predicted molar refractivity (Wildman–Crippen MR) is 132 cm³/mol. The number of hydrogen-bond acceptors (Lipinski definition) is 4. The van der Waals surface area contributed by atoms with Crippen LogP contribution in [-0.2, 0) is 17.8 Å². The third-order valence-electron chi connectivity index (χ3n) is 4.28. The average Bonchev–Trinajstić information content (AvgIpc) is 2.75. The van der Waals surface area contributed by atoms with Crippen LogP contribution in [-0.4, -0.2) is 18.7 Å². The number of halogens is 3. The predicted octanol–water partition coefficient (Wildman–Crippen LogP) is 6.43. The first kappa shape index (κ1) is 24.1. The lowest BCUT2D eigenvalue weighted by Gasteiger charge is -2.14. The number of carbonyl (C=O) groups excluding carboxylic acids is 1. The summed E-state index contributed by atoms with van der Waals surface area (Å²) in [4.78, 5) is 12.1. The van der Waals surface area contributed by atoms with E-state index in [0.717, 1.165) is 15.6 Å². The van der Waals surface area contributed by atoms with Crippen molar-refractivity contribution < 1.29 is 14.3 Å². The van der Waals surface area contributed by atoms with E-state index in [9.17, 15) is 4.79 Å². The van der Waals surface area contributed by atoms with Gasteiger partial charge in [-0.15, -0.1) is 0 Å². The molecule has 8 heteroatoms. The normalized spacial score (nSPS) is 10.9. The number of ether oxygens (including phenoxy) is 2. The second kappa shape index (κ2) is 11.9. The van der Waals surface area contributed by atoms with E-state index in [1.807, 2.05) is 49.4 Å². The number of nitrogens with zero attached hydrogens (tertiary/aromatic N) is 1. The standard InChI is InChI=1S/C24H21BrCl2N2O3/c1-2-31-22-12-18(14-28-29-23(30)13-16-6-8-19(25)9-7-16)11-21(27)24(22)32-15-17-4-3-5-20(26)10-17/h3-12,14H,2,13,15H2,1H3,(H,29,30)/b28-14-. The maximum Gasteiger partial charge on any atom is 0.244 e. The van der Waals surface area contributed by atoms with Gasteiger partial charge in [0, 0.05) is 9.50 Å². The summed E-state index contributed by atoms with van der Waals surface area (Å²) in [6, 6.07) is 18.4. The van der Waals surface area contributed by atoms with E-state index in [0.29, 0.717) is 40.3 Å². The summed E-state index contributed by atoms with van der Waals surface area (Å²) >= 11 is 15.8. The molecule has 166 valence electrons. The topological polar surface area (TPSA) is 59.9 Å². The van der Waals surface area contributed by atoms with Crippen molar-refractivity contribution in [2.45, 2.75) is 20.0 Å². The summed E-state index contributed by atoms with van der Waals surface area (Å²) in [6.45, 7) is 2.60. The highest BCUT2D eigenvalue weighted by Crippen LogP contribution is 2.37. The van der Waals surface area contributed by atoms with Gasteiger partial charge in [0.2, 0.25) is 5.91 Å². The number of hydrazone groups is 1. The molecule has 0 saturated heterocycles. The molecule has 0 atom stereocenters. The van der Waals surface area contributed by atoms with Crippen molar-refractivity contribution in [2.24, 2.45) is 5.10 Å². The number of amides is 1. The van der Waals surface area contributed by atoms with Gasteiger partial charge in [-0.3, -0.25) is 4.79 Å². The fourth-order valence-corrected chi connectivity index (χ4v) is 3.60. The molecule has 1 N–H and O–H groups in total. The Labute approximate surface area is 205 Å². The number of benzene rings is 3. The fraction of sp³-hybridized carbons (Fsp3) is 0.167. The van der Waals surface area contributed by atoms with Crippen molar-refractivity contribution >= 4 is 51.3 Å². The first-order valence-corrected chi connectivity index (χ1v) is 11.4. The molecule has 0 bridgehead atoms. The minimum absolute atomic E-state index is 0.221. The van der Waals surface area contributed by atoms with Crippen LogP contribution in [0.2, 0.25) is 10.0 Å². The Morgan fingerprint density at radius 3 is 2.56 bits per heavy atom. The molecule has 0 saturated carbocycles. The summed E-state index contributed by atoms with van der Waals surface area (Å²) < 4.78 is 12.6. The summed E-state index contributed by atoms with van der Waals surface area (Å²) in [7, 11) is 0. The molecule has 0 heterocycles. The Balaban J connectivity index is 1.66. The van der Waals surface area contributed by atoms with Crippen LogP contribution in [0.5, 0.6) is 11.5 Å². The zero-order chi connectivity index (χ0) is 22.9. The molecule has 32 heavy (non-hydrogen) atoms. The van der Waals surface area contributed by atoms with Gasteiger partial charge in [-0.2, -0.15) is 5.10 Å². The summed E-state index contributed by atoms with van der Waals surface area (Å²) in [5.41, 5.74) is 4.99. The minimum Gasteiger partial charge on any atom is -0.490 e. The molecule has 0 unspecified atom stereocenters. The molecule has 0 aliphatic rings. The van der Waals surface area contributed by atoms with E-state index in [1.54, 1.807) is 18.2 Å². The van der Waals surface area contributed by atoms with E-state index < -0.39 is 0 Å². The molecule has 0 aliphatic heterocycles. The van der Waals surface area contributed by atoms with Crippen molar-refractivity contribution in [2.75, 3.05) is 6.61 Å². The first-order chi connectivity index (χ1) is 15.4. The zero-order valence-electron chi connectivity index (χ0n) is 17.3. The van der Waals surface area contributed by atoms with Crippen LogP contribution in [0.25, 0.3) is 0 Å². The third kappa shape index (κ3) is 7.26. The van der Waals surface area contributed by atoms with Crippen LogP contribution in [0.4, 0.5) is 0 Å². The number of carbonyl (C=O) groups is 1. The molecule has 5 nitrogen and oxygen atoms in total. The fourth-order valence-electron chi connectivity index (χ4n) is 2.85. The van der Waals surface area contributed by atoms with E-state index in [2.05, 4.69) is 26.5 Å². The van der Waals surface area contributed by atoms with Gasteiger partial charge < -0.3 is 9.47 Å². The monoisotopic (exact) mass is 534 g/mol. The van der Waals surface area contributed by atoms with Crippen molar-refractivity contribution in [3.8, 4) is 11.5 Å². The van der Waals surface area contributed by atoms with Gasteiger partial charge in [-0.05, 0) is 60.0 Å². The first-order valence-electron chi connectivity index (χ1n) is 9.84. The smallest absolute Gasteiger partial charge is 0.244 e. The number of nitrogens with one attached hydrogen (secondary N) is 1. The van der Waals surface area contributed by atoms with E-state index in [1.165, 1.54) is 6.21 Å². The Bertz CT molecular complexity index is 1100. The van der Waals surface area contributed by atoms with Crippen LogP contribution in [0, 0.1) is 0 Å². The largest absolute Gasteiger partial charge is 0.490 e. The molecule has 3 aromatic rings. The maximum atomic E-state index is 12.1. The Morgan fingerprint density at radius 2 is 1.84 bits per heavy atom. The van der Waals surface area contributed by atoms with Crippen LogP contribution >= 0.6 is 39.1 Å². The summed E-state index contributed by atoms with van der Waals surface area (Å²) in [5, 5.41) is 5.04. The molecular weight excluding hydrogens is 515 g/mol. The van der Waals surface area contributed by atoms with Crippen LogP contribution in [0.3, 0.4) is 0 Å². The van der Waals surface area contributed by atoms with Gasteiger partial charge in [0.15, 0.2) is 11.5 Å². The molecule has 3 aromatic carbocycles. The lowest BCUT2D eigenvalue weighted by Crippen LogP contribution is -2.19. The van der Waals surface area contributed by atoms with Gasteiger partial charge in [-0.25, -0.2) is 5.43 Å². The van der Waals surface area contributed by atoms with Crippen molar-refractivity contribution in [3.63, 3.8) is 0 Å². The van der Waals surface area contributed by atoms with Crippen LogP contribution in [0.1, 0.15) is 23.6 Å². The number of hydrogen-bond donors (Lipinski definition) is 1. The molecule has 0 spiro atoms. The van der Waals surface area contributed by atoms with Gasteiger partial charge in [0.05, 0.1) is 24.3 Å². The molecule has 3 rings (SSSR count). The van der Waals surface area contributed by atoms with Gasteiger partial charge in [0.25, 0.3) is 0 Å². The van der Waals surface area contributed by atoms with E-state index in [4.69, 9.17) is 32.7 Å². The molecule has 0 radical (unpaired) electrons.